The van der Waals surface area contributed by atoms with E-state index in [1.165, 1.54) is 20.3 Å². The number of aryl methyl sites for hydroxylation is 1. The number of hydrogen-bond acceptors (Lipinski definition) is 10. The van der Waals surface area contributed by atoms with Gasteiger partial charge in [0.2, 0.25) is 5.69 Å². The molecule has 0 bridgehead atoms. The molecule has 4 aromatic heterocycles. The molecule has 0 atom stereocenters. The van der Waals surface area contributed by atoms with Gasteiger partial charge in [-0.1, -0.05) is 0 Å². The number of hydrogen-bond donors (Lipinski definition) is 1. The van der Waals surface area contributed by atoms with Crippen LogP contribution in [-0.2, 0) is 0 Å². The Morgan fingerprint density at radius 3 is 2.57 bits per heavy atom. The third-order valence-electron chi connectivity index (χ3n) is 5.53. The van der Waals surface area contributed by atoms with Gasteiger partial charge in [-0.2, -0.15) is 0 Å². The lowest BCUT2D eigenvalue weighted by atomic mass is 9.97. The average Bonchev–Trinajstić information content (AvgIpc) is 3.57. The normalized spacial score (nSPS) is 11.2. The number of aromatic nitrogens is 3. The fourth-order valence-corrected chi connectivity index (χ4v) is 5.07. The molecule has 5 rings (SSSR count). The Kier molecular flexibility index (Phi) is 5.33. The van der Waals surface area contributed by atoms with Gasteiger partial charge in [0.05, 0.1) is 35.6 Å². The zero-order valence-electron chi connectivity index (χ0n) is 18.8. The van der Waals surface area contributed by atoms with Crippen molar-refractivity contribution in [1.29, 1.82) is 0 Å². The van der Waals surface area contributed by atoms with E-state index in [4.69, 9.17) is 19.4 Å². The van der Waals surface area contributed by atoms with Crippen LogP contribution in [0.4, 0.5) is 5.69 Å². The maximum atomic E-state index is 13.6. The molecule has 11 heteroatoms. The highest BCUT2D eigenvalue weighted by Gasteiger charge is 2.34. The van der Waals surface area contributed by atoms with E-state index in [0.29, 0.717) is 44.2 Å². The lowest BCUT2D eigenvalue weighted by Crippen LogP contribution is -2.39. The van der Waals surface area contributed by atoms with Crippen molar-refractivity contribution in [3.8, 4) is 28.7 Å². The molecule has 0 saturated carbocycles. The minimum absolute atomic E-state index is 0.0722. The lowest BCUT2D eigenvalue weighted by Gasteiger charge is -2.10. The Bertz CT molecular complexity index is 1600. The minimum atomic E-state index is -0.914. The van der Waals surface area contributed by atoms with Gasteiger partial charge in [-0.05, 0) is 42.8 Å². The Morgan fingerprint density at radius 2 is 1.94 bits per heavy atom. The van der Waals surface area contributed by atoms with Gasteiger partial charge in [0.15, 0.2) is 11.7 Å². The maximum absolute atomic E-state index is 13.6. The number of benzene rings is 1. The van der Waals surface area contributed by atoms with Gasteiger partial charge in [0.1, 0.15) is 21.2 Å². The average molecular weight is 490 g/mol. The van der Waals surface area contributed by atoms with E-state index in [9.17, 15) is 14.7 Å². The van der Waals surface area contributed by atoms with Crippen LogP contribution < -0.4 is 20.3 Å². The molecule has 0 saturated heterocycles. The zero-order valence-corrected chi connectivity index (χ0v) is 19.6. The molecule has 10 nitrogen and oxygen atoms in total. The van der Waals surface area contributed by atoms with Crippen LogP contribution in [0.5, 0.6) is 11.7 Å². The minimum Gasteiger partial charge on any atom is -0.539 e. The first-order valence-electron chi connectivity index (χ1n) is 10.4. The summed E-state index contributed by atoms with van der Waals surface area (Å²) in [6.45, 7) is 3.13. The number of nitrogens with zero attached hydrogens (tertiary/aromatic N) is 3. The van der Waals surface area contributed by atoms with E-state index in [-0.39, 0.29) is 22.0 Å². The van der Waals surface area contributed by atoms with E-state index in [0.717, 1.165) is 16.0 Å². The number of ether oxygens (including phenoxy) is 1. The van der Waals surface area contributed by atoms with Crippen LogP contribution in [0.15, 0.2) is 51.6 Å². The summed E-state index contributed by atoms with van der Waals surface area (Å²) in [5.74, 6) is -0.811. The molecule has 0 amide bonds. The van der Waals surface area contributed by atoms with Crippen molar-refractivity contribution in [2.24, 2.45) is 0 Å². The van der Waals surface area contributed by atoms with Crippen molar-refractivity contribution in [2.45, 2.75) is 13.8 Å². The Morgan fingerprint density at radius 1 is 1.20 bits per heavy atom. The van der Waals surface area contributed by atoms with Gasteiger partial charge >= 0.3 is 5.69 Å². The third-order valence-corrected chi connectivity index (χ3v) is 6.62. The Hall–Kier alpha value is -4.51. The second kappa shape index (κ2) is 8.37. The van der Waals surface area contributed by atoms with Gasteiger partial charge in [-0.25, -0.2) is 4.98 Å². The predicted molar refractivity (Wildman–Crippen MR) is 124 cm³/mol. The number of ketones is 2. The van der Waals surface area contributed by atoms with Gasteiger partial charge in [-0.15, -0.1) is 11.3 Å². The van der Waals surface area contributed by atoms with E-state index >= 15 is 0 Å². The van der Waals surface area contributed by atoms with E-state index in [1.807, 2.05) is 0 Å². The van der Waals surface area contributed by atoms with Crippen LogP contribution in [0.25, 0.3) is 27.2 Å². The molecule has 5 aromatic rings. The quantitative estimate of drug-likeness (QED) is 0.280. The topological polar surface area (TPSA) is 148 Å². The molecule has 2 N–H and O–H groups in total. The molecule has 1 aromatic carbocycles. The van der Waals surface area contributed by atoms with Crippen LogP contribution in [0.3, 0.4) is 0 Å². The molecular formula is C24H18N4O6S. The van der Waals surface area contributed by atoms with E-state index < -0.39 is 11.7 Å². The van der Waals surface area contributed by atoms with Crippen molar-refractivity contribution in [3.05, 3.63) is 64.5 Å². The summed E-state index contributed by atoms with van der Waals surface area (Å²) in [6.07, 6.45) is 1.48. The summed E-state index contributed by atoms with van der Waals surface area (Å²) in [7, 11) is 1.53. The molecule has 0 radical (unpaired) electrons. The maximum Gasteiger partial charge on any atom is 0.312 e. The molecule has 35 heavy (non-hydrogen) atoms. The van der Waals surface area contributed by atoms with Crippen molar-refractivity contribution in [3.63, 3.8) is 0 Å². The standard InChI is InChI=1S/C24H18N4O6S/c1-11-16(12(2)29)17(15-5-4-10-33-15)18-19(25)22(35-23(18)26-11)21(30)20-24(31)34-27-28(20)13-6-8-14(32-3)9-7-13/h4-10H,1-3H3,(H2-,25,27,30,31). The summed E-state index contributed by atoms with van der Waals surface area (Å²) >= 11 is 1.01. The molecule has 0 aliphatic rings. The summed E-state index contributed by atoms with van der Waals surface area (Å²) in [5, 5.41) is 16.7. The number of fused-ring (bicyclic) bond motifs is 1. The SMILES string of the molecule is COc1ccc(-[n+]2noc([O-])c2C(=O)c2sc3nc(C)c(C(C)=O)c(-c4ccco4)c3c2N)cc1. The summed E-state index contributed by atoms with van der Waals surface area (Å²) in [4.78, 5) is 31.1. The molecule has 0 aliphatic heterocycles. The number of methoxy groups -OCH3 is 1. The molecule has 176 valence electrons. The van der Waals surface area contributed by atoms with Crippen LogP contribution in [0.1, 0.15) is 38.3 Å². The first kappa shape index (κ1) is 22.3. The van der Waals surface area contributed by atoms with Gasteiger partial charge in [0, 0.05) is 23.1 Å². The molecule has 0 unspecified atom stereocenters. The van der Waals surface area contributed by atoms with E-state index in [2.05, 4.69) is 10.3 Å². The second-order valence-corrected chi connectivity index (χ2v) is 8.65. The fraction of sp³-hybridized carbons (Fsp3) is 0.125. The fourth-order valence-electron chi connectivity index (χ4n) is 3.98. The van der Waals surface area contributed by atoms with E-state index in [1.54, 1.807) is 43.3 Å². The smallest absolute Gasteiger partial charge is 0.312 e. The molecular weight excluding hydrogens is 472 g/mol. The highest BCUT2D eigenvalue weighted by Crippen LogP contribution is 2.43. The zero-order chi connectivity index (χ0) is 24.9. The van der Waals surface area contributed by atoms with Crippen molar-refractivity contribution >= 4 is 38.8 Å². The Balaban J connectivity index is 1.72. The summed E-state index contributed by atoms with van der Waals surface area (Å²) in [5.41, 5.74) is 7.92. The number of thiophene rings is 1. The van der Waals surface area contributed by atoms with Crippen LogP contribution in [-0.4, -0.2) is 28.9 Å². The lowest BCUT2D eigenvalue weighted by molar-refractivity contribution is -0.672. The molecule has 0 fully saturated rings. The number of nitrogens with two attached hydrogens (primary N) is 1. The first-order valence-corrected chi connectivity index (χ1v) is 11.2. The Labute approximate surface area is 202 Å². The number of pyridine rings is 1. The molecule has 0 aliphatic carbocycles. The van der Waals surface area contributed by atoms with Gasteiger partial charge in [-0.3, -0.25) is 9.59 Å². The van der Waals surface area contributed by atoms with Crippen molar-refractivity contribution in [1.82, 2.24) is 10.3 Å². The number of furan rings is 1. The van der Waals surface area contributed by atoms with Crippen molar-refractivity contribution in [2.75, 3.05) is 12.8 Å². The number of Topliss-reactive ketones (excluding diaryl/α,β-unsaturated/α-hetero) is 1. The van der Waals surface area contributed by atoms with Crippen LogP contribution in [0.2, 0.25) is 0 Å². The van der Waals surface area contributed by atoms with Crippen LogP contribution in [0, 0.1) is 6.92 Å². The predicted octanol–water partition coefficient (Wildman–Crippen LogP) is 3.23. The molecule has 0 spiro atoms. The number of nitrogen functional groups attached to an aromatic ring is 1. The van der Waals surface area contributed by atoms with Crippen molar-refractivity contribution < 1.29 is 33.1 Å². The summed E-state index contributed by atoms with van der Waals surface area (Å²) in [6, 6.07) is 9.97. The largest absolute Gasteiger partial charge is 0.539 e. The monoisotopic (exact) mass is 490 g/mol. The number of carbonyl (C=O) groups excluding carboxylic acids is 2. The number of carbonyl (C=O) groups is 2. The highest BCUT2D eigenvalue weighted by atomic mass is 32.1. The summed E-state index contributed by atoms with van der Waals surface area (Å²) < 4.78 is 16.7. The number of anilines is 1. The molecule has 4 heterocycles. The number of rotatable bonds is 6. The highest BCUT2D eigenvalue weighted by molar-refractivity contribution is 7.21. The first-order chi connectivity index (χ1) is 16.8. The second-order valence-electron chi connectivity index (χ2n) is 7.65. The van der Waals surface area contributed by atoms with Crippen LogP contribution >= 0.6 is 11.3 Å². The third kappa shape index (κ3) is 3.53. The van der Waals surface area contributed by atoms with Gasteiger partial charge < -0.3 is 24.5 Å². The van der Waals surface area contributed by atoms with Gasteiger partial charge in [0.25, 0.3) is 5.78 Å².